The van der Waals surface area contributed by atoms with Crippen LogP contribution in [0.2, 0.25) is 0 Å². The van der Waals surface area contributed by atoms with Crippen LogP contribution in [0.1, 0.15) is 38.5 Å². The summed E-state index contributed by atoms with van der Waals surface area (Å²) in [7, 11) is 0. The van der Waals surface area contributed by atoms with E-state index >= 15 is 0 Å². The van der Waals surface area contributed by atoms with E-state index in [2.05, 4.69) is 5.32 Å². The van der Waals surface area contributed by atoms with Crippen molar-refractivity contribution in [2.75, 3.05) is 18.0 Å². The molecule has 1 fully saturated rings. The molecule has 1 aliphatic rings. The van der Waals surface area contributed by atoms with E-state index in [0.717, 1.165) is 6.42 Å². The van der Waals surface area contributed by atoms with Gasteiger partial charge in [0.25, 0.3) is 0 Å². The molecule has 0 atom stereocenters. The predicted octanol–water partition coefficient (Wildman–Crippen LogP) is 2.19. The summed E-state index contributed by atoms with van der Waals surface area (Å²) < 4.78 is 0. The fourth-order valence-corrected chi connectivity index (χ4v) is 3.06. The maximum Gasteiger partial charge on any atom is 0.323 e. The lowest BCUT2D eigenvalue weighted by atomic mass is 10.0. The van der Waals surface area contributed by atoms with Crippen LogP contribution in [0.15, 0.2) is 30.3 Å². The molecule has 0 heterocycles. The van der Waals surface area contributed by atoms with Crippen LogP contribution in [-0.4, -0.2) is 36.0 Å². The zero-order valence-corrected chi connectivity index (χ0v) is 13.7. The van der Waals surface area contributed by atoms with E-state index in [-0.39, 0.29) is 12.5 Å². The number of hydrogen-bond donors (Lipinski definition) is 2. The molecule has 0 unspecified atom stereocenters. The molecule has 1 saturated carbocycles. The van der Waals surface area contributed by atoms with Crippen molar-refractivity contribution in [2.45, 2.75) is 38.5 Å². The van der Waals surface area contributed by atoms with Gasteiger partial charge < -0.3 is 10.4 Å². The van der Waals surface area contributed by atoms with Gasteiger partial charge in [0.05, 0.1) is 6.54 Å². The lowest BCUT2D eigenvalue weighted by Gasteiger charge is -2.21. The summed E-state index contributed by atoms with van der Waals surface area (Å²) in [5.41, 5.74) is 0.505. The van der Waals surface area contributed by atoms with Gasteiger partial charge in [0.15, 0.2) is 0 Å². The lowest BCUT2D eigenvalue weighted by Crippen LogP contribution is -2.42. The Labute approximate surface area is 141 Å². The molecule has 0 spiro atoms. The molecule has 130 valence electrons. The van der Waals surface area contributed by atoms with Crippen LogP contribution in [0.3, 0.4) is 0 Å². The molecule has 2 amide bonds. The summed E-state index contributed by atoms with van der Waals surface area (Å²) in [5.74, 6) is -1.06. The van der Waals surface area contributed by atoms with Gasteiger partial charge in [-0.05, 0) is 24.5 Å². The van der Waals surface area contributed by atoms with E-state index in [4.69, 9.17) is 5.11 Å². The largest absolute Gasteiger partial charge is 0.480 e. The van der Waals surface area contributed by atoms with E-state index in [9.17, 15) is 14.4 Å². The quantitative estimate of drug-likeness (QED) is 0.764. The number of carbonyl (C=O) groups is 3. The second-order valence-corrected chi connectivity index (χ2v) is 6.18. The number of amides is 2. The third-order valence-electron chi connectivity index (χ3n) is 4.35. The van der Waals surface area contributed by atoms with Gasteiger partial charge in [0.1, 0.15) is 6.54 Å². The lowest BCUT2D eigenvalue weighted by molar-refractivity contribution is -0.136. The van der Waals surface area contributed by atoms with Crippen molar-refractivity contribution >= 4 is 23.5 Å². The molecular weight excluding hydrogens is 308 g/mol. The highest BCUT2D eigenvalue weighted by molar-refractivity contribution is 5.99. The Hall–Kier alpha value is -2.37. The number of rotatable bonds is 8. The summed E-state index contributed by atoms with van der Waals surface area (Å²) in [4.78, 5) is 36.3. The highest BCUT2D eigenvalue weighted by atomic mass is 16.4. The summed E-state index contributed by atoms with van der Waals surface area (Å²) >= 11 is 0. The SMILES string of the molecule is O=C(O)CN(C(=O)CNC(=O)CCC1CCCC1)c1ccccc1. The van der Waals surface area contributed by atoms with Crippen molar-refractivity contribution in [3.63, 3.8) is 0 Å². The zero-order valence-electron chi connectivity index (χ0n) is 13.7. The van der Waals surface area contributed by atoms with Crippen LogP contribution < -0.4 is 10.2 Å². The topological polar surface area (TPSA) is 86.7 Å². The molecule has 6 nitrogen and oxygen atoms in total. The number of benzene rings is 1. The fourth-order valence-electron chi connectivity index (χ4n) is 3.06. The van der Waals surface area contributed by atoms with Gasteiger partial charge in [-0.2, -0.15) is 0 Å². The Kier molecular flexibility index (Phi) is 6.78. The minimum absolute atomic E-state index is 0.154. The van der Waals surface area contributed by atoms with Gasteiger partial charge in [-0.15, -0.1) is 0 Å². The molecule has 0 saturated heterocycles. The molecule has 0 radical (unpaired) electrons. The van der Waals surface area contributed by atoms with Gasteiger partial charge in [-0.3, -0.25) is 19.3 Å². The molecule has 0 aliphatic heterocycles. The van der Waals surface area contributed by atoms with E-state index in [1.54, 1.807) is 30.3 Å². The number of nitrogens with one attached hydrogen (secondary N) is 1. The van der Waals surface area contributed by atoms with Crippen LogP contribution >= 0.6 is 0 Å². The number of carboxylic acid groups (broad SMARTS) is 1. The molecule has 0 bridgehead atoms. The average molecular weight is 332 g/mol. The standard InChI is InChI=1S/C18H24N2O4/c21-16(11-10-14-6-4-5-7-14)19-12-17(22)20(13-18(23)24)15-8-2-1-3-9-15/h1-3,8-9,14H,4-7,10-13H2,(H,19,21)(H,23,24). The first-order valence-electron chi connectivity index (χ1n) is 8.40. The van der Waals surface area contributed by atoms with Crippen LogP contribution in [0.5, 0.6) is 0 Å². The third kappa shape index (κ3) is 5.68. The number of carboxylic acids is 1. The molecular formula is C18H24N2O4. The molecule has 1 aromatic carbocycles. The first-order valence-corrected chi connectivity index (χ1v) is 8.40. The number of carbonyl (C=O) groups excluding carboxylic acids is 2. The minimum atomic E-state index is -1.10. The Bertz CT molecular complexity index is 568. The normalized spacial score (nSPS) is 14.3. The van der Waals surface area contributed by atoms with E-state index in [1.807, 2.05) is 0 Å². The van der Waals surface area contributed by atoms with E-state index in [1.165, 1.54) is 30.6 Å². The number of anilines is 1. The fraction of sp³-hybridized carbons (Fsp3) is 0.500. The molecule has 6 heteroatoms. The monoisotopic (exact) mass is 332 g/mol. The Morgan fingerprint density at radius 1 is 1.12 bits per heavy atom. The summed E-state index contributed by atoms with van der Waals surface area (Å²) in [5, 5.41) is 11.6. The van der Waals surface area contributed by atoms with E-state index < -0.39 is 18.4 Å². The van der Waals surface area contributed by atoms with Crippen molar-refractivity contribution in [3.8, 4) is 0 Å². The van der Waals surface area contributed by atoms with Gasteiger partial charge >= 0.3 is 5.97 Å². The molecule has 1 aromatic rings. The zero-order chi connectivity index (χ0) is 17.4. The van der Waals surface area contributed by atoms with Crippen molar-refractivity contribution < 1.29 is 19.5 Å². The van der Waals surface area contributed by atoms with Crippen LogP contribution in [-0.2, 0) is 14.4 Å². The molecule has 1 aliphatic carbocycles. The Morgan fingerprint density at radius 3 is 2.42 bits per heavy atom. The van der Waals surface area contributed by atoms with Crippen LogP contribution in [0.25, 0.3) is 0 Å². The first kappa shape index (κ1) is 18.0. The van der Waals surface area contributed by atoms with Gasteiger partial charge in [0.2, 0.25) is 11.8 Å². The minimum Gasteiger partial charge on any atom is -0.480 e. The Morgan fingerprint density at radius 2 is 1.79 bits per heavy atom. The van der Waals surface area contributed by atoms with Gasteiger partial charge in [-0.1, -0.05) is 43.9 Å². The summed E-state index contributed by atoms with van der Waals surface area (Å²) in [6.07, 6.45) is 6.14. The Balaban J connectivity index is 1.83. The molecule has 0 aromatic heterocycles. The van der Waals surface area contributed by atoms with Crippen molar-refractivity contribution in [3.05, 3.63) is 30.3 Å². The smallest absolute Gasteiger partial charge is 0.323 e. The van der Waals surface area contributed by atoms with E-state index in [0.29, 0.717) is 18.0 Å². The average Bonchev–Trinajstić information content (AvgIpc) is 3.10. The maximum atomic E-state index is 12.3. The number of nitrogens with zero attached hydrogens (tertiary/aromatic N) is 1. The van der Waals surface area contributed by atoms with Gasteiger partial charge in [0, 0.05) is 12.1 Å². The van der Waals surface area contributed by atoms with Crippen molar-refractivity contribution in [1.82, 2.24) is 5.32 Å². The van der Waals surface area contributed by atoms with Crippen LogP contribution in [0.4, 0.5) is 5.69 Å². The number of aliphatic carboxylic acids is 1. The maximum absolute atomic E-state index is 12.3. The number of para-hydroxylation sites is 1. The van der Waals surface area contributed by atoms with Crippen molar-refractivity contribution in [1.29, 1.82) is 0 Å². The summed E-state index contributed by atoms with van der Waals surface area (Å²) in [6, 6.07) is 8.60. The summed E-state index contributed by atoms with van der Waals surface area (Å²) in [6.45, 7) is -0.619. The van der Waals surface area contributed by atoms with Crippen LogP contribution in [0, 0.1) is 5.92 Å². The van der Waals surface area contributed by atoms with Gasteiger partial charge in [-0.25, -0.2) is 0 Å². The molecule has 2 N–H and O–H groups in total. The second-order valence-electron chi connectivity index (χ2n) is 6.18. The predicted molar refractivity (Wildman–Crippen MR) is 90.6 cm³/mol. The first-order chi connectivity index (χ1) is 11.6. The highest BCUT2D eigenvalue weighted by Crippen LogP contribution is 2.28. The molecule has 2 rings (SSSR count). The number of hydrogen-bond acceptors (Lipinski definition) is 3. The molecule has 24 heavy (non-hydrogen) atoms. The second kappa shape index (κ2) is 9.05. The highest BCUT2D eigenvalue weighted by Gasteiger charge is 2.20. The third-order valence-corrected chi connectivity index (χ3v) is 4.35. The van der Waals surface area contributed by atoms with Crippen molar-refractivity contribution in [2.24, 2.45) is 5.92 Å².